The van der Waals surface area contributed by atoms with Crippen molar-refractivity contribution in [3.63, 3.8) is 0 Å². The summed E-state index contributed by atoms with van der Waals surface area (Å²) in [6, 6.07) is 0. The zero-order valence-electron chi connectivity index (χ0n) is 10.00. The lowest BCUT2D eigenvalue weighted by Gasteiger charge is -2.26. The Bertz CT molecular complexity index is 362. The molecule has 0 aliphatic rings. The van der Waals surface area contributed by atoms with Crippen LogP contribution >= 0.6 is 7.82 Å². The molecule has 0 aromatic rings. The fraction of sp³-hybridized carbons (Fsp3) is 0.600. The molecule has 19 heavy (non-hydrogen) atoms. The number of halogens is 2. The Morgan fingerprint density at radius 3 is 2.63 bits per heavy atom. The van der Waals surface area contributed by atoms with E-state index >= 15 is 0 Å². The second kappa shape index (κ2) is 8.38. The van der Waals surface area contributed by atoms with E-state index in [1.54, 1.807) is 0 Å². The van der Waals surface area contributed by atoms with Gasteiger partial charge in [-0.1, -0.05) is 6.08 Å². The van der Waals surface area contributed by atoms with Gasteiger partial charge in [0.15, 0.2) is 6.10 Å². The molecule has 0 saturated heterocycles. The third-order valence-corrected chi connectivity index (χ3v) is 2.22. The van der Waals surface area contributed by atoms with Crippen molar-refractivity contribution in [3.8, 4) is 12.3 Å². The summed E-state index contributed by atoms with van der Waals surface area (Å²) >= 11 is 0. The summed E-state index contributed by atoms with van der Waals surface area (Å²) in [6.45, 7) is 1.84. The number of phosphoric ester groups is 1. The van der Waals surface area contributed by atoms with Gasteiger partial charge in [0.2, 0.25) is 0 Å². The Kier molecular flexibility index (Phi) is 8.02. The maximum atomic E-state index is 13.5. The predicted octanol–water partition coefficient (Wildman–Crippen LogP) is 1.30. The summed E-state index contributed by atoms with van der Waals surface area (Å²) < 4.78 is 50.4. The van der Waals surface area contributed by atoms with Crippen LogP contribution in [0, 0.1) is 12.3 Å². The number of ether oxygens (including phenoxy) is 2. The van der Waals surface area contributed by atoms with Gasteiger partial charge in [0.05, 0.1) is 19.8 Å². The van der Waals surface area contributed by atoms with E-state index < -0.39 is 33.2 Å². The van der Waals surface area contributed by atoms with Gasteiger partial charge < -0.3 is 19.3 Å². The lowest BCUT2D eigenvalue weighted by Crippen LogP contribution is -2.41. The Labute approximate surface area is 109 Å². The summed E-state index contributed by atoms with van der Waals surface area (Å²) in [7, 11) is -5.11. The number of terminal acetylenes is 1. The summed E-state index contributed by atoms with van der Waals surface area (Å²) in [5.74, 6) is 2.21. The zero-order chi connectivity index (χ0) is 14.9. The first kappa shape index (κ1) is 18.2. The largest absolute Gasteiger partial charge is 0.470 e. The first-order valence-corrected chi connectivity index (χ1v) is 6.63. The van der Waals surface area contributed by atoms with E-state index in [4.69, 9.17) is 20.9 Å². The number of hydrogen-bond donors (Lipinski definition) is 2. The van der Waals surface area contributed by atoms with Gasteiger partial charge >= 0.3 is 13.9 Å². The standard InChI is InChI=1S/C10H15F2O6P/c1-3-5-7-16-8-9(18-19(13,14)15)10(11,12)17-6-4-2/h1,4,9H,2,5-8H2,(H2,13,14,15). The molecule has 0 radical (unpaired) electrons. The van der Waals surface area contributed by atoms with Crippen LogP contribution in [0.1, 0.15) is 6.42 Å². The van der Waals surface area contributed by atoms with E-state index in [1.165, 1.54) is 0 Å². The molecule has 1 atom stereocenters. The van der Waals surface area contributed by atoms with Gasteiger partial charge in [-0.3, -0.25) is 4.52 Å². The maximum absolute atomic E-state index is 13.5. The Balaban J connectivity index is 4.60. The molecular weight excluding hydrogens is 285 g/mol. The molecule has 0 spiro atoms. The van der Waals surface area contributed by atoms with E-state index in [2.05, 4.69) is 21.8 Å². The number of hydrogen-bond acceptors (Lipinski definition) is 4. The van der Waals surface area contributed by atoms with Crippen molar-refractivity contribution in [2.24, 2.45) is 0 Å². The van der Waals surface area contributed by atoms with Crippen LogP contribution in [0.15, 0.2) is 12.7 Å². The highest BCUT2D eigenvalue weighted by atomic mass is 31.2. The second-order valence-corrected chi connectivity index (χ2v) is 4.47. The fourth-order valence-corrected chi connectivity index (χ4v) is 1.45. The molecule has 0 aliphatic carbocycles. The van der Waals surface area contributed by atoms with Gasteiger partial charge in [-0.25, -0.2) is 4.57 Å². The molecule has 110 valence electrons. The van der Waals surface area contributed by atoms with Crippen molar-refractivity contribution in [1.82, 2.24) is 0 Å². The summed E-state index contributed by atoms with van der Waals surface area (Å²) in [5.41, 5.74) is 0. The molecule has 0 bridgehead atoms. The molecule has 0 fully saturated rings. The quantitative estimate of drug-likeness (QED) is 0.274. The molecule has 0 aromatic carbocycles. The van der Waals surface area contributed by atoms with Crippen LogP contribution in [0.3, 0.4) is 0 Å². The average Bonchev–Trinajstić information content (AvgIpc) is 2.29. The van der Waals surface area contributed by atoms with E-state index in [-0.39, 0.29) is 13.0 Å². The first-order valence-electron chi connectivity index (χ1n) is 5.10. The first-order chi connectivity index (χ1) is 8.73. The van der Waals surface area contributed by atoms with E-state index in [0.29, 0.717) is 0 Å². The van der Waals surface area contributed by atoms with Gasteiger partial charge in [0.25, 0.3) is 0 Å². The molecule has 0 aliphatic heterocycles. The maximum Gasteiger partial charge on any atom is 0.470 e. The van der Waals surface area contributed by atoms with Crippen molar-refractivity contribution in [1.29, 1.82) is 0 Å². The molecule has 0 heterocycles. The minimum absolute atomic E-state index is 0.0466. The normalized spacial score (nSPS) is 13.8. The Morgan fingerprint density at radius 1 is 1.53 bits per heavy atom. The van der Waals surface area contributed by atoms with Gasteiger partial charge in [-0.2, -0.15) is 8.78 Å². The minimum Gasteiger partial charge on any atom is -0.377 e. The van der Waals surface area contributed by atoms with Crippen molar-refractivity contribution >= 4 is 7.82 Å². The smallest absolute Gasteiger partial charge is 0.377 e. The van der Waals surface area contributed by atoms with Crippen molar-refractivity contribution in [3.05, 3.63) is 12.7 Å². The molecule has 0 aromatic heterocycles. The van der Waals surface area contributed by atoms with Crippen molar-refractivity contribution < 1.29 is 37.1 Å². The molecule has 1 unspecified atom stereocenters. The van der Waals surface area contributed by atoms with Gasteiger partial charge in [-0.15, -0.1) is 18.9 Å². The molecule has 6 nitrogen and oxygen atoms in total. The van der Waals surface area contributed by atoms with Crippen LogP contribution in [-0.2, 0) is 18.6 Å². The molecule has 2 N–H and O–H groups in total. The van der Waals surface area contributed by atoms with E-state index in [0.717, 1.165) is 6.08 Å². The van der Waals surface area contributed by atoms with Gasteiger partial charge in [-0.05, 0) is 0 Å². The van der Waals surface area contributed by atoms with Crippen LogP contribution in [-0.4, -0.2) is 41.8 Å². The third-order valence-electron chi connectivity index (χ3n) is 1.69. The molecule has 0 amide bonds. The number of phosphoric acid groups is 1. The summed E-state index contributed by atoms with van der Waals surface area (Å²) in [5, 5.41) is 0. The van der Waals surface area contributed by atoms with Gasteiger partial charge in [0, 0.05) is 6.42 Å². The van der Waals surface area contributed by atoms with Crippen LogP contribution in [0.4, 0.5) is 8.78 Å². The Morgan fingerprint density at radius 2 is 2.16 bits per heavy atom. The molecule has 9 heteroatoms. The lowest BCUT2D eigenvalue weighted by molar-refractivity contribution is -0.287. The average molecular weight is 300 g/mol. The highest BCUT2D eigenvalue weighted by molar-refractivity contribution is 7.46. The van der Waals surface area contributed by atoms with Crippen LogP contribution < -0.4 is 0 Å². The number of alkyl halides is 2. The predicted molar refractivity (Wildman–Crippen MR) is 62.3 cm³/mol. The zero-order valence-corrected chi connectivity index (χ0v) is 10.9. The highest BCUT2D eigenvalue weighted by Crippen LogP contribution is 2.41. The topological polar surface area (TPSA) is 85.2 Å². The van der Waals surface area contributed by atoms with Crippen LogP contribution in [0.5, 0.6) is 0 Å². The lowest BCUT2D eigenvalue weighted by atomic mass is 10.3. The Hall–Kier alpha value is -0.810. The monoisotopic (exact) mass is 300 g/mol. The SMILES string of the molecule is C#CCCOCC(OP(=O)(O)O)C(F)(F)OCC=C. The van der Waals surface area contributed by atoms with Gasteiger partial charge in [0.1, 0.15) is 0 Å². The molecular formula is C10H15F2O6P. The minimum atomic E-state index is -5.11. The molecule has 0 rings (SSSR count). The second-order valence-electron chi connectivity index (χ2n) is 3.28. The molecule has 0 saturated carbocycles. The highest BCUT2D eigenvalue weighted by Gasteiger charge is 2.45. The summed E-state index contributed by atoms with van der Waals surface area (Å²) in [6.07, 6.45) is -0.0428. The van der Waals surface area contributed by atoms with Crippen molar-refractivity contribution in [2.45, 2.75) is 18.6 Å². The third kappa shape index (κ3) is 8.83. The van der Waals surface area contributed by atoms with Crippen molar-refractivity contribution in [2.75, 3.05) is 19.8 Å². The fourth-order valence-electron chi connectivity index (χ4n) is 0.939. The number of rotatable bonds is 10. The van der Waals surface area contributed by atoms with Crippen LogP contribution in [0.2, 0.25) is 0 Å². The van der Waals surface area contributed by atoms with E-state index in [9.17, 15) is 13.3 Å². The summed E-state index contributed by atoms with van der Waals surface area (Å²) in [4.78, 5) is 17.1. The van der Waals surface area contributed by atoms with Crippen LogP contribution in [0.25, 0.3) is 0 Å². The van der Waals surface area contributed by atoms with E-state index in [1.807, 2.05) is 0 Å².